The van der Waals surface area contributed by atoms with Gasteiger partial charge in [-0.15, -0.1) is 0 Å². The van der Waals surface area contributed by atoms with Gasteiger partial charge >= 0.3 is 0 Å². The highest BCUT2D eigenvalue weighted by molar-refractivity contribution is 5.46. The van der Waals surface area contributed by atoms with Crippen molar-refractivity contribution in [1.29, 1.82) is 0 Å². The Bertz CT molecular complexity index is 400. The molecule has 0 aromatic carbocycles. The van der Waals surface area contributed by atoms with Crippen molar-refractivity contribution >= 4 is 5.82 Å². The summed E-state index contributed by atoms with van der Waals surface area (Å²) in [6.45, 7) is 11.2. The lowest BCUT2D eigenvalue weighted by atomic mass is 10.0. The number of hydrogen-bond donors (Lipinski definition) is 1. The molecule has 0 saturated carbocycles. The molecule has 1 rings (SSSR count). The highest BCUT2D eigenvalue weighted by atomic mass is 16.5. The molecule has 0 amide bonds. The van der Waals surface area contributed by atoms with E-state index in [0.29, 0.717) is 0 Å². The van der Waals surface area contributed by atoms with Crippen LogP contribution >= 0.6 is 0 Å². The first-order valence-electron chi connectivity index (χ1n) is 6.69. The second kappa shape index (κ2) is 6.14. The predicted octanol–water partition coefficient (Wildman–Crippen LogP) is 3.05. The molecular formula is C14H25N3O. The molecule has 0 saturated heterocycles. The number of anilines is 1. The Balaban J connectivity index is 3.33. The van der Waals surface area contributed by atoms with Crippen molar-refractivity contribution < 1.29 is 4.74 Å². The van der Waals surface area contributed by atoms with Crippen LogP contribution in [0.5, 0.6) is 0 Å². The summed E-state index contributed by atoms with van der Waals surface area (Å²) in [6.07, 6.45) is 1.75. The van der Waals surface area contributed by atoms with Gasteiger partial charge in [0, 0.05) is 24.9 Å². The second-order valence-electron chi connectivity index (χ2n) is 4.64. The van der Waals surface area contributed by atoms with E-state index in [0.717, 1.165) is 42.3 Å². The number of aromatic nitrogens is 2. The summed E-state index contributed by atoms with van der Waals surface area (Å²) >= 11 is 0. The van der Waals surface area contributed by atoms with Crippen LogP contribution in [0.3, 0.4) is 0 Å². The highest BCUT2D eigenvalue weighted by Crippen LogP contribution is 2.28. The minimum Gasteiger partial charge on any atom is -0.371 e. The molecule has 0 radical (unpaired) electrons. The van der Waals surface area contributed by atoms with E-state index in [-0.39, 0.29) is 0 Å². The monoisotopic (exact) mass is 251 g/mol. The summed E-state index contributed by atoms with van der Waals surface area (Å²) in [5.74, 6) is 1.70. The fourth-order valence-corrected chi connectivity index (χ4v) is 1.88. The maximum absolute atomic E-state index is 5.59. The highest BCUT2D eigenvalue weighted by Gasteiger charge is 2.28. The second-order valence-corrected chi connectivity index (χ2v) is 4.64. The largest absolute Gasteiger partial charge is 0.371 e. The Morgan fingerprint density at radius 1 is 1.22 bits per heavy atom. The van der Waals surface area contributed by atoms with Crippen LogP contribution in [0.25, 0.3) is 0 Å². The molecule has 1 aromatic rings. The fourth-order valence-electron chi connectivity index (χ4n) is 1.88. The summed E-state index contributed by atoms with van der Waals surface area (Å²) in [7, 11) is 1.71. The number of hydrogen-bond acceptors (Lipinski definition) is 4. The molecule has 0 spiro atoms. The minimum atomic E-state index is -0.415. The van der Waals surface area contributed by atoms with Crippen molar-refractivity contribution in [3.8, 4) is 0 Å². The Morgan fingerprint density at radius 3 is 2.33 bits per heavy atom. The lowest BCUT2D eigenvalue weighted by Gasteiger charge is -2.26. The van der Waals surface area contributed by atoms with Crippen molar-refractivity contribution in [1.82, 2.24) is 9.97 Å². The molecule has 0 aliphatic rings. The lowest BCUT2D eigenvalue weighted by molar-refractivity contribution is -0.00905. The number of rotatable bonds is 6. The van der Waals surface area contributed by atoms with Gasteiger partial charge in [0.05, 0.1) is 0 Å². The van der Waals surface area contributed by atoms with Gasteiger partial charge in [0.2, 0.25) is 0 Å². The lowest BCUT2D eigenvalue weighted by Crippen LogP contribution is -2.27. The summed E-state index contributed by atoms with van der Waals surface area (Å²) < 4.78 is 5.59. The average molecular weight is 251 g/mol. The molecule has 0 bridgehead atoms. The normalized spacial score (nSPS) is 14.3. The zero-order chi connectivity index (χ0) is 13.8. The average Bonchev–Trinajstić information content (AvgIpc) is 2.40. The SMILES string of the molecule is CCNc1nc(C(C)(CC)OC)nc(CC)c1C. The molecular weight excluding hydrogens is 226 g/mol. The van der Waals surface area contributed by atoms with Crippen LogP contribution in [0.1, 0.15) is 51.2 Å². The van der Waals surface area contributed by atoms with Crippen LogP contribution in [0.4, 0.5) is 5.82 Å². The zero-order valence-corrected chi connectivity index (χ0v) is 12.4. The van der Waals surface area contributed by atoms with Crippen LogP contribution < -0.4 is 5.32 Å². The van der Waals surface area contributed by atoms with Crippen molar-refractivity contribution in [3.63, 3.8) is 0 Å². The quantitative estimate of drug-likeness (QED) is 0.844. The molecule has 1 heterocycles. The van der Waals surface area contributed by atoms with Gasteiger partial charge in [-0.3, -0.25) is 0 Å². The molecule has 0 aliphatic carbocycles. The van der Waals surface area contributed by atoms with E-state index in [2.05, 4.69) is 43.0 Å². The molecule has 1 atom stereocenters. The number of ether oxygens (including phenoxy) is 1. The van der Waals surface area contributed by atoms with Gasteiger partial charge in [0.1, 0.15) is 11.4 Å². The van der Waals surface area contributed by atoms with Crippen LogP contribution in [-0.4, -0.2) is 23.6 Å². The molecule has 1 unspecified atom stereocenters. The van der Waals surface area contributed by atoms with Gasteiger partial charge < -0.3 is 10.1 Å². The van der Waals surface area contributed by atoms with Gasteiger partial charge in [-0.05, 0) is 33.6 Å². The minimum absolute atomic E-state index is 0.415. The summed E-state index contributed by atoms with van der Waals surface area (Å²) in [4.78, 5) is 9.31. The first-order chi connectivity index (χ1) is 8.52. The Morgan fingerprint density at radius 2 is 1.89 bits per heavy atom. The van der Waals surface area contributed by atoms with Gasteiger partial charge in [0.25, 0.3) is 0 Å². The molecule has 0 aliphatic heterocycles. The van der Waals surface area contributed by atoms with Gasteiger partial charge in [-0.1, -0.05) is 13.8 Å². The standard InChI is InChI=1S/C14H25N3O/c1-7-11-10(4)12(15-9-3)17-13(16-11)14(5,8-2)18-6/h7-9H2,1-6H3,(H,15,16,17). The molecule has 0 fully saturated rings. The van der Waals surface area contributed by atoms with E-state index in [9.17, 15) is 0 Å². The van der Waals surface area contributed by atoms with Gasteiger partial charge in [-0.25, -0.2) is 9.97 Å². The van der Waals surface area contributed by atoms with Crippen molar-refractivity contribution in [2.75, 3.05) is 19.0 Å². The molecule has 1 aromatic heterocycles. The van der Waals surface area contributed by atoms with E-state index in [1.165, 1.54) is 0 Å². The summed E-state index contributed by atoms with van der Waals surface area (Å²) in [6, 6.07) is 0. The molecule has 4 heteroatoms. The van der Waals surface area contributed by atoms with Crippen molar-refractivity contribution in [2.45, 2.75) is 53.1 Å². The van der Waals surface area contributed by atoms with Crippen molar-refractivity contribution in [3.05, 3.63) is 17.1 Å². The van der Waals surface area contributed by atoms with Crippen LogP contribution in [0, 0.1) is 6.92 Å². The van der Waals surface area contributed by atoms with E-state index >= 15 is 0 Å². The van der Waals surface area contributed by atoms with E-state index < -0.39 is 5.60 Å². The maximum atomic E-state index is 5.59. The molecule has 1 N–H and O–H groups in total. The fraction of sp³-hybridized carbons (Fsp3) is 0.714. The van der Waals surface area contributed by atoms with Crippen LogP contribution in [-0.2, 0) is 16.8 Å². The third-order valence-corrected chi connectivity index (χ3v) is 3.52. The predicted molar refractivity (Wildman–Crippen MR) is 75.0 cm³/mol. The Hall–Kier alpha value is -1.16. The number of aryl methyl sites for hydroxylation is 1. The van der Waals surface area contributed by atoms with E-state index in [4.69, 9.17) is 4.74 Å². The van der Waals surface area contributed by atoms with Crippen LogP contribution in [0.2, 0.25) is 0 Å². The Kier molecular flexibility index (Phi) is 5.08. The van der Waals surface area contributed by atoms with E-state index in [1.54, 1.807) is 7.11 Å². The smallest absolute Gasteiger partial charge is 0.162 e. The number of nitrogens with zero attached hydrogens (tertiary/aromatic N) is 2. The first-order valence-corrected chi connectivity index (χ1v) is 6.69. The molecule has 4 nitrogen and oxygen atoms in total. The van der Waals surface area contributed by atoms with E-state index in [1.807, 2.05) is 6.92 Å². The number of nitrogens with one attached hydrogen (secondary N) is 1. The zero-order valence-electron chi connectivity index (χ0n) is 12.4. The molecule has 102 valence electrons. The Labute approximate surface area is 110 Å². The number of methoxy groups -OCH3 is 1. The third kappa shape index (κ3) is 2.80. The summed E-state index contributed by atoms with van der Waals surface area (Å²) in [5, 5.41) is 3.30. The van der Waals surface area contributed by atoms with Gasteiger partial charge in [0.15, 0.2) is 5.82 Å². The van der Waals surface area contributed by atoms with Gasteiger partial charge in [-0.2, -0.15) is 0 Å². The van der Waals surface area contributed by atoms with Crippen LogP contribution in [0.15, 0.2) is 0 Å². The summed E-state index contributed by atoms with van der Waals surface area (Å²) in [5.41, 5.74) is 1.81. The third-order valence-electron chi connectivity index (χ3n) is 3.52. The van der Waals surface area contributed by atoms with Crippen molar-refractivity contribution in [2.24, 2.45) is 0 Å². The molecule has 18 heavy (non-hydrogen) atoms. The topological polar surface area (TPSA) is 47.0 Å². The first kappa shape index (κ1) is 14.9. The maximum Gasteiger partial charge on any atom is 0.162 e.